The van der Waals surface area contributed by atoms with Gasteiger partial charge in [-0.1, -0.05) is 18.2 Å². The van der Waals surface area contributed by atoms with Gasteiger partial charge in [0, 0.05) is 19.3 Å². The summed E-state index contributed by atoms with van der Waals surface area (Å²) in [5.74, 6) is -0.619. The van der Waals surface area contributed by atoms with Crippen LogP contribution in [0.4, 0.5) is 0 Å². The molecule has 1 amide bonds. The summed E-state index contributed by atoms with van der Waals surface area (Å²) in [6, 6.07) is 9.34. The van der Waals surface area contributed by atoms with Crippen LogP contribution >= 0.6 is 11.3 Å². The van der Waals surface area contributed by atoms with E-state index in [0.717, 1.165) is 11.8 Å². The van der Waals surface area contributed by atoms with Crippen molar-refractivity contribution in [2.75, 3.05) is 19.3 Å². The topological polar surface area (TPSA) is 101 Å². The average molecular weight is 457 g/mol. The van der Waals surface area contributed by atoms with Crippen molar-refractivity contribution in [1.82, 2.24) is 9.62 Å². The van der Waals surface area contributed by atoms with E-state index in [1.807, 2.05) is 6.92 Å². The monoisotopic (exact) mass is 456 g/mol. The Morgan fingerprint density at radius 2 is 1.86 bits per heavy atom. The van der Waals surface area contributed by atoms with Crippen molar-refractivity contribution < 1.29 is 21.6 Å². The average Bonchev–Trinajstić information content (AvgIpc) is 3.23. The third-order valence-corrected chi connectivity index (χ3v) is 9.38. The van der Waals surface area contributed by atoms with E-state index in [9.17, 15) is 21.6 Å². The van der Waals surface area contributed by atoms with Gasteiger partial charge in [0.15, 0.2) is 9.84 Å². The van der Waals surface area contributed by atoms with Crippen molar-refractivity contribution in [3.8, 4) is 0 Å². The second-order valence-corrected chi connectivity index (χ2v) is 12.3. The number of rotatable bonds is 6. The molecule has 0 spiro atoms. The number of sulfone groups is 1. The van der Waals surface area contributed by atoms with Crippen molar-refractivity contribution in [3.05, 3.63) is 47.3 Å². The molecule has 10 heteroatoms. The Kier molecular flexibility index (Phi) is 6.47. The van der Waals surface area contributed by atoms with Crippen LogP contribution in [-0.2, 0) is 24.7 Å². The van der Waals surface area contributed by atoms with Crippen LogP contribution < -0.4 is 5.32 Å². The van der Waals surface area contributed by atoms with Gasteiger partial charge in [-0.2, -0.15) is 4.31 Å². The number of hydrogen-bond acceptors (Lipinski definition) is 6. The molecule has 2 aromatic rings. The fourth-order valence-electron chi connectivity index (χ4n) is 3.33. The number of carbonyl (C=O) groups is 1. The Hall–Kier alpha value is -1.75. The van der Waals surface area contributed by atoms with Crippen molar-refractivity contribution in [2.45, 2.75) is 34.9 Å². The molecule has 1 fully saturated rings. The van der Waals surface area contributed by atoms with Crippen LogP contribution in [0.25, 0.3) is 0 Å². The van der Waals surface area contributed by atoms with Gasteiger partial charge in [-0.3, -0.25) is 4.79 Å². The molecule has 0 radical (unpaired) electrons. The summed E-state index contributed by atoms with van der Waals surface area (Å²) in [6.45, 7) is 2.38. The van der Waals surface area contributed by atoms with E-state index in [1.54, 1.807) is 29.6 Å². The predicted molar refractivity (Wildman–Crippen MR) is 112 cm³/mol. The minimum absolute atomic E-state index is 0.159. The smallest absolute Gasteiger partial charge is 0.252 e. The van der Waals surface area contributed by atoms with E-state index >= 15 is 0 Å². The molecule has 1 aromatic carbocycles. The maximum atomic E-state index is 12.7. The summed E-state index contributed by atoms with van der Waals surface area (Å²) in [5.41, 5.74) is 0.782. The number of nitrogens with zero attached hydrogens (tertiary/aromatic N) is 1. The molecule has 1 aliphatic rings. The number of piperidine rings is 1. The van der Waals surface area contributed by atoms with Crippen LogP contribution in [0.15, 0.2) is 50.9 Å². The van der Waals surface area contributed by atoms with Crippen LogP contribution in [-0.4, -0.2) is 46.4 Å². The molecule has 0 aliphatic carbocycles. The summed E-state index contributed by atoms with van der Waals surface area (Å²) in [4.78, 5) is 13.0. The van der Waals surface area contributed by atoms with Gasteiger partial charge in [-0.25, -0.2) is 16.8 Å². The predicted octanol–water partition coefficient (Wildman–Crippen LogP) is 2.43. The van der Waals surface area contributed by atoms with Crippen LogP contribution in [0.1, 0.15) is 31.4 Å². The van der Waals surface area contributed by atoms with Crippen LogP contribution in [0.5, 0.6) is 0 Å². The van der Waals surface area contributed by atoms with E-state index in [4.69, 9.17) is 0 Å². The molecule has 158 valence electrons. The SMILES string of the molecule is C[C@@H](NC(=O)[C@H]1CCCN(S(=O)(=O)c2cccs2)C1)c1ccc(S(C)(=O)=O)cc1. The highest BCUT2D eigenvalue weighted by Gasteiger charge is 2.34. The van der Waals surface area contributed by atoms with Crippen LogP contribution in [0.2, 0.25) is 0 Å². The fourth-order valence-corrected chi connectivity index (χ4v) is 6.63. The first-order valence-corrected chi connectivity index (χ1v) is 13.4. The molecule has 7 nitrogen and oxygen atoms in total. The number of nitrogens with one attached hydrogen (secondary N) is 1. The molecule has 1 aliphatic heterocycles. The quantitative estimate of drug-likeness (QED) is 0.720. The summed E-state index contributed by atoms with van der Waals surface area (Å²) in [6.07, 6.45) is 2.40. The zero-order valence-corrected chi connectivity index (χ0v) is 18.7. The number of sulfonamides is 1. The summed E-state index contributed by atoms with van der Waals surface area (Å²) >= 11 is 1.17. The Balaban J connectivity index is 1.66. The zero-order chi connectivity index (χ0) is 21.2. The number of benzene rings is 1. The molecule has 2 heterocycles. The lowest BCUT2D eigenvalue weighted by atomic mass is 9.98. The number of hydrogen-bond donors (Lipinski definition) is 1. The maximum Gasteiger partial charge on any atom is 0.252 e. The third kappa shape index (κ3) is 5.06. The molecular formula is C19H24N2O5S3. The lowest BCUT2D eigenvalue weighted by Crippen LogP contribution is -2.45. The van der Waals surface area contributed by atoms with E-state index in [1.165, 1.54) is 27.8 Å². The van der Waals surface area contributed by atoms with Gasteiger partial charge in [-0.05, 0) is 48.9 Å². The minimum Gasteiger partial charge on any atom is -0.349 e. The van der Waals surface area contributed by atoms with E-state index in [-0.39, 0.29) is 27.6 Å². The van der Waals surface area contributed by atoms with Gasteiger partial charge in [0.1, 0.15) is 4.21 Å². The summed E-state index contributed by atoms with van der Waals surface area (Å²) < 4.78 is 50.3. The molecule has 3 rings (SSSR count). The molecule has 0 bridgehead atoms. The van der Waals surface area contributed by atoms with E-state index in [2.05, 4.69) is 5.32 Å². The highest BCUT2D eigenvalue weighted by Crippen LogP contribution is 2.27. The number of carbonyl (C=O) groups excluding carboxylic acids is 1. The zero-order valence-electron chi connectivity index (χ0n) is 16.2. The van der Waals surface area contributed by atoms with Crippen molar-refractivity contribution in [2.24, 2.45) is 5.92 Å². The first-order valence-electron chi connectivity index (χ1n) is 9.23. The Bertz CT molecular complexity index is 1060. The van der Waals surface area contributed by atoms with E-state index < -0.39 is 25.8 Å². The number of thiophene rings is 1. The summed E-state index contributed by atoms with van der Waals surface area (Å²) in [5, 5.41) is 4.64. The Labute approximate surface area is 175 Å². The van der Waals surface area contributed by atoms with Gasteiger partial charge in [0.25, 0.3) is 10.0 Å². The Morgan fingerprint density at radius 3 is 2.45 bits per heavy atom. The second-order valence-electron chi connectivity index (χ2n) is 7.21. The second kappa shape index (κ2) is 8.55. The normalized spacial score (nSPS) is 19.6. The first kappa shape index (κ1) is 21.9. The van der Waals surface area contributed by atoms with E-state index in [0.29, 0.717) is 19.4 Å². The lowest BCUT2D eigenvalue weighted by Gasteiger charge is -2.31. The van der Waals surface area contributed by atoms with Crippen LogP contribution in [0, 0.1) is 5.92 Å². The molecule has 1 saturated heterocycles. The van der Waals surface area contributed by atoms with Gasteiger partial charge in [0.05, 0.1) is 16.9 Å². The molecule has 1 N–H and O–H groups in total. The minimum atomic E-state index is -3.57. The maximum absolute atomic E-state index is 12.7. The van der Waals surface area contributed by atoms with Gasteiger partial charge in [0.2, 0.25) is 5.91 Å². The molecule has 2 atom stereocenters. The van der Waals surface area contributed by atoms with Gasteiger partial charge in [-0.15, -0.1) is 11.3 Å². The molecular weight excluding hydrogens is 432 g/mol. The van der Waals surface area contributed by atoms with Crippen molar-refractivity contribution in [1.29, 1.82) is 0 Å². The Morgan fingerprint density at radius 1 is 1.17 bits per heavy atom. The molecule has 29 heavy (non-hydrogen) atoms. The molecule has 1 aromatic heterocycles. The number of amides is 1. The third-order valence-electron chi connectivity index (χ3n) is 5.01. The highest BCUT2D eigenvalue weighted by atomic mass is 32.2. The molecule has 0 saturated carbocycles. The standard InChI is InChI=1S/C19H24N2O5S3/c1-14(15-7-9-17(10-8-15)28(2,23)24)20-19(22)16-5-3-11-21(13-16)29(25,26)18-6-4-12-27-18/h4,6-10,12,14,16H,3,5,11,13H2,1-2H3,(H,20,22)/t14-,16+/m1/s1. The van der Waals surface area contributed by atoms with Crippen LogP contribution in [0.3, 0.4) is 0 Å². The van der Waals surface area contributed by atoms with Gasteiger partial charge >= 0.3 is 0 Å². The summed E-state index contributed by atoms with van der Waals surface area (Å²) in [7, 11) is -6.84. The lowest BCUT2D eigenvalue weighted by molar-refractivity contribution is -0.126. The van der Waals surface area contributed by atoms with Crippen molar-refractivity contribution in [3.63, 3.8) is 0 Å². The van der Waals surface area contributed by atoms with Gasteiger partial charge < -0.3 is 5.32 Å². The van der Waals surface area contributed by atoms with Crippen molar-refractivity contribution >= 4 is 37.1 Å². The first-order chi connectivity index (χ1) is 13.6. The molecule has 0 unspecified atom stereocenters. The highest BCUT2D eigenvalue weighted by molar-refractivity contribution is 7.91. The fraction of sp³-hybridized carbons (Fsp3) is 0.421. The largest absolute Gasteiger partial charge is 0.349 e.